The van der Waals surface area contributed by atoms with Gasteiger partial charge in [-0.25, -0.2) is 5.48 Å². The Hall–Kier alpha value is -1.10. The smallest absolute Gasteiger partial charge is 0.191 e. The maximum Gasteiger partial charge on any atom is 0.191 e. The van der Waals surface area contributed by atoms with Crippen molar-refractivity contribution in [1.29, 1.82) is 0 Å². The minimum absolute atomic E-state index is 0.354. The highest BCUT2D eigenvalue weighted by Crippen LogP contribution is 1.93. The fourth-order valence-electron chi connectivity index (χ4n) is 0.399. The zero-order valence-corrected chi connectivity index (χ0v) is 4.37. The van der Waals surface area contributed by atoms with Crippen LogP contribution in [0.2, 0.25) is 0 Å². The van der Waals surface area contributed by atoms with Crippen LogP contribution in [0.25, 0.3) is 0 Å². The Morgan fingerprint density at radius 3 is 2.88 bits per heavy atom. The third-order valence-electron chi connectivity index (χ3n) is 0.717. The van der Waals surface area contributed by atoms with Crippen LogP contribution in [0.15, 0.2) is 6.20 Å². The summed E-state index contributed by atoms with van der Waals surface area (Å²) in [7, 11) is 1.72. The summed E-state index contributed by atoms with van der Waals surface area (Å²) in [5.74, 6) is 0.354. The zero-order valence-electron chi connectivity index (χ0n) is 4.37. The van der Waals surface area contributed by atoms with E-state index in [0.29, 0.717) is 5.82 Å². The zero-order chi connectivity index (χ0) is 5.98. The Labute approximate surface area is 45.9 Å². The lowest BCUT2D eigenvalue weighted by molar-refractivity contribution is 0.386. The number of nitrogens with zero attached hydrogens (tertiary/aromatic N) is 3. The number of anilines is 1. The second-order valence-electron chi connectivity index (χ2n) is 1.39. The van der Waals surface area contributed by atoms with Gasteiger partial charge in [0.15, 0.2) is 5.82 Å². The number of hydrogen-bond donors (Lipinski definition) is 2. The summed E-state index contributed by atoms with van der Waals surface area (Å²) in [5.41, 5.74) is 1.85. The molecule has 0 spiro atoms. The van der Waals surface area contributed by atoms with E-state index < -0.39 is 0 Å². The van der Waals surface area contributed by atoms with E-state index in [0.717, 1.165) is 0 Å². The first-order chi connectivity index (χ1) is 3.83. The van der Waals surface area contributed by atoms with Crippen molar-refractivity contribution < 1.29 is 5.21 Å². The molecule has 5 nitrogen and oxygen atoms in total. The van der Waals surface area contributed by atoms with Crippen LogP contribution < -0.4 is 5.48 Å². The van der Waals surface area contributed by atoms with Gasteiger partial charge in [-0.05, 0) is 0 Å². The average Bonchev–Trinajstić information content (AvgIpc) is 2.14. The number of aryl methyl sites for hydroxylation is 1. The summed E-state index contributed by atoms with van der Waals surface area (Å²) in [6.45, 7) is 0. The Morgan fingerprint density at radius 1 is 1.88 bits per heavy atom. The van der Waals surface area contributed by atoms with Crippen molar-refractivity contribution in [3.8, 4) is 0 Å². The summed E-state index contributed by atoms with van der Waals surface area (Å²) in [4.78, 5) is 0. The number of aromatic nitrogens is 3. The molecular weight excluding hydrogens is 108 g/mol. The molecule has 0 aliphatic carbocycles. The summed E-state index contributed by atoms with van der Waals surface area (Å²) in [5, 5.41) is 15.2. The topological polar surface area (TPSA) is 63.0 Å². The largest absolute Gasteiger partial charge is 0.290 e. The lowest BCUT2D eigenvalue weighted by Crippen LogP contribution is -1.87. The fourth-order valence-corrected chi connectivity index (χ4v) is 0.399. The maximum absolute atomic E-state index is 8.19. The Bertz CT molecular complexity index is 172. The van der Waals surface area contributed by atoms with Crippen molar-refractivity contribution in [2.75, 3.05) is 5.48 Å². The van der Waals surface area contributed by atoms with Gasteiger partial charge in [0.1, 0.15) is 0 Å². The van der Waals surface area contributed by atoms with Crippen LogP contribution in [0.1, 0.15) is 0 Å². The van der Waals surface area contributed by atoms with Crippen molar-refractivity contribution in [2.24, 2.45) is 7.05 Å². The van der Waals surface area contributed by atoms with Crippen LogP contribution in [0.5, 0.6) is 0 Å². The van der Waals surface area contributed by atoms with Crippen LogP contribution in [-0.4, -0.2) is 20.2 Å². The second-order valence-corrected chi connectivity index (χ2v) is 1.39. The molecule has 0 aromatic carbocycles. The second kappa shape index (κ2) is 1.79. The summed E-state index contributed by atoms with van der Waals surface area (Å²) in [6.07, 6.45) is 1.56. The van der Waals surface area contributed by atoms with E-state index in [1.807, 2.05) is 5.48 Å². The molecule has 1 heterocycles. The van der Waals surface area contributed by atoms with Gasteiger partial charge in [0.2, 0.25) is 0 Å². The first kappa shape index (κ1) is 5.04. The highest BCUT2D eigenvalue weighted by molar-refractivity contribution is 5.24. The normalized spacial score (nSPS) is 9.25. The van der Waals surface area contributed by atoms with Gasteiger partial charge in [-0.15, -0.1) is 5.10 Å². The van der Waals surface area contributed by atoms with E-state index in [-0.39, 0.29) is 0 Å². The molecule has 0 aliphatic rings. The molecule has 0 fully saturated rings. The Morgan fingerprint density at radius 2 is 2.62 bits per heavy atom. The van der Waals surface area contributed by atoms with Crippen molar-refractivity contribution in [3.05, 3.63) is 6.20 Å². The van der Waals surface area contributed by atoms with Crippen LogP contribution in [0, 0.1) is 0 Å². The molecule has 8 heavy (non-hydrogen) atoms. The lowest BCUT2D eigenvalue weighted by Gasteiger charge is -1.82. The molecule has 0 bridgehead atoms. The van der Waals surface area contributed by atoms with E-state index >= 15 is 0 Å². The third kappa shape index (κ3) is 0.760. The molecule has 1 rings (SSSR count). The maximum atomic E-state index is 8.19. The van der Waals surface area contributed by atoms with Gasteiger partial charge in [-0.3, -0.25) is 9.89 Å². The molecular formula is C3H6N4O. The van der Waals surface area contributed by atoms with Gasteiger partial charge in [0.05, 0.1) is 6.20 Å². The Kier molecular flexibility index (Phi) is 1.13. The van der Waals surface area contributed by atoms with E-state index in [2.05, 4.69) is 10.3 Å². The molecule has 0 aliphatic heterocycles. The van der Waals surface area contributed by atoms with Gasteiger partial charge in [0.25, 0.3) is 0 Å². The monoisotopic (exact) mass is 114 g/mol. The van der Waals surface area contributed by atoms with Gasteiger partial charge >= 0.3 is 0 Å². The molecule has 0 unspecified atom stereocenters. The third-order valence-corrected chi connectivity index (χ3v) is 0.717. The quantitative estimate of drug-likeness (QED) is 0.488. The van der Waals surface area contributed by atoms with Crippen LogP contribution >= 0.6 is 0 Å². The first-order valence-electron chi connectivity index (χ1n) is 2.09. The van der Waals surface area contributed by atoms with Crippen molar-refractivity contribution in [1.82, 2.24) is 15.0 Å². The number of nitrogens with one attached hydrogen (secondary N) is 1. The molecule has 0 amide bonds. The molecule has 44 valence electrons. The van der Waals surface area contributed by atoms with Crippen LogP contribution in [-0.2, 0) is 7.05 Å². The highest BCUT2D eigenvalue weighted by Gasteiger charge is 1.90. The van der Waals surface area contributed by atoms with Crippen molar-refractivity contribution >= 4 is 5.82 Å². The van der Waals surface area contributed by atoms with Crippen LogP contribution in [0.3, 0.4) is 0 Å². The number of rotatable bonds is 1. The molecule has 0 atom stereocenters. The summed E-state index contributed by atoms with van der Waals surface area (Å²) < 4.78 is 1.48. The van der Waals surface area contributed by atoms with Crippen molar-refractivity contribution in [3.63, 3.8) is 0 Å². The predicted molar refractivity (Wildman–Crippen MR) is 26.4 cm³/mol. The minimum Gasteiger partial charge on any atom is -0.290 e. The highest BCUT2D eigenvalue weighted by atomic mass is 16.5. The van der Waals surface area contributed by atoms with Gasteiger partial charge in [-0.1, -0.05) is 5.21 Å². The van der Waals surface area contributed by atoms with E-state index in [4.69, 9.17) is 5.21 Å². The molecule has 5 heteroatoms. The molecule has 0 saturated carbocycles. The average molecular weight is 114 g/mol. The predicted octanol–water partition coefficient (Wildman–Crippen LogP) is -0.384. The molecule has 0 saturated heterocycles. The molecule has 1 aromatic rings. The lowest BCUT2D eigenvalue weighted by atomic mass is 10.8. The first-order valence-corrected chi connectivity index (χ1v) is 2.09. The van der Waals surface area contributed by atoms with E-state index in [1.54, 1.807) is 13.2 Å². The van der Waals surface area contributed by atoms with E-state index in [9.17, 15) is 0 Å². The molecule has 0 radical (unpaired) electrons. The Balaban J connectivity index is 2.84. The van der Waals surface area contributed by atoms with Gasteiger partial charge < -0.3 is 0 Å². The fraction of sp³-hybridized carbons (Fsp3) is 0.333. The van der Waals surface area contributed by atoms with Crippen LogP contribution in [0.4, 0.5) is 5.82 Å². The molecule has 1 aromatic heterocycles. The van der Waals surface area contributed by atoms with Gasteiger partial charge in [-0.2, -0.15) is 0 Å². The standard InChI is InChI=1S/C3H6N4O/c1-7-2-3(5-8)4-6-7/h2,5,8H,1H3. The SMILES string of the molecule is Cn1cc(NO)nn1. The van der Waals surface area contributed by atoms with E-state index in [1.165, 1.54) is 4.68 Å². The van der Waals surface area contributed by atoms with Crippen molar-refractivity contribution in [2.45, 2.75) is 0 Å². The molecule has 2 N–H and O–H groups in total. The number of hydrogen-bond acceptors (Lipinski definition) is 4. The summed E-state index contributed by atoms with van der Waals surface area (Å²) in [6, 6.07) is 0. The summed E-state index contributed by atoms with van der Waals surface area (Å²) >= 11 is 0. The van der Waals surface area contributed by atoms with Gasteiger partial charge in [0, 0.05) is 7.05 Å². The minimum atomic E-state index is 0.354.